The van der Waals surface area contributed by atoms with E-state index in [1.165, 1.54) is 17.0 Å². The van der Waals surface area contributed by atoms with E-state index in [9.17, 15) is 4.39 Å². The molecule has 6 rings (SSSR count). The molecule has 0 radical (unpaired) electrons. The summed E-state index contributed by atoms with van der Waals surface area (Å²) in [4.78, 5) is 8.65. The second-order valence-electron chi connectivity index (χ2n) is 8.32. The maximum absolute atomic E-state index is 14.7. The highest BCUT2D eigenvalue weighted by Crippen LogP contribution is 2.44. The zero-order valence-electron chi connectivity index (χ0n) is 17.2. The zero-order valence-corrected chi connectivity index (χ0v) is 17.2. The van der Waals surface area contributed by atoms with Gasteiger partial charge in [0.25, 0.3) is 0 Å². The molecule has 3 aliphatic rings. The van der Waals surface area contributed by atoms with Gasteiger partial charge in [-0.1, -0.05) is 0 Å². The average molecular weight is 432 g/mol. The summed E-state index contributed by atoms with van der Waals surface area (Å²) in [6, 6.07) is 4.88. The van der Waals surface area contributed by atoms with Crippen LogP contribution in [0.2, 0.25) is 0 Å². The highest BCUT2D eigenvalue weighted by molar-refractivity contribution is 5.75. The van der Waals surface area contributed by atoms with Gasteiger partial charge in [-0.2, -0.15) is 0 Å². The van der Waals surface area contributed by atoms with Gasteiger partial charge in [-0.25, -0.2) is 14.4 Å². The SMILES string of the molecule is N=Cn1c2c(cc(-c3cncnc3C3CC3)c1=N)OC[C@H]1COc3ccc(F)c(c31)CN2. The first-order chi connectivity index (χ1) is 15.7. The largest absolute Gasteiger partial charge is 0.493 e. The summed E-state index contributed by atoms with van der Waals surface area (Å²) in [6.07, 6.45) is 6.46. The van der Waals surface area contributed by atoms with E-state index >= 15 is 0 Å². The van der Waals surface area contributed by atoms with Crippen LogP contribution in [0, 0.1) is 16.6 Å². The van der Waals surface area contributed by atoms with Crippen molar-refractivity contribution < 1.29 is 13.9 Å². The minimum absolute atomic E-state index is 0.0990. The van der Waals surface area contributed by atoms with Crippen molar-refractivity contribution in [3.05, 3.63) is 58.8 Å². The summed E-state index contributed by atoms with van der Waals surface area (Å²) in [7, 11) is 0. The van der Waals surface area contributed by atoms with Gasteiger partial charge in [0.1, 0.15) is 23.4 Å². The number of hydrogen-bond acceptors (Lipinski definition) is 7. The molecule has 1 aliphatic carbocycles. The van der Waals surface area contributed by atoms with E-state index in [0.29, 0.717) is 47.6 Å². The van der Waals surface area contributed by atoms with Gasteiger partial charge in [0.05, 0.1) is 31.2 Å². The molecule has 2 aliphatic heterocycles. The number of anilines is 1. The zero-order chi connectivity index (χ0) is 21.8. The van der Waals surface area contributed by atoms with Crippen LogP contribution in [0.1, 0.15) is 41.5 Å². The number of pyridine rings is 1. The summed E-state index contributed by atoms with van der Waals surface area (Å²) in [6.45, 7) is 0.917. The molecule has 1 saturated carbocycles. The molecule has 3 N–H and O–H groups in total. The molecule has 2 aromatic heterocycles. The molecule has 8 nitrogen and oxygen atoms in total. The molecule has 0 bridgehead atoms. The Kier molecular flexibility index (Phi) is 4.24. The van der Waals surface area contributed by atoms with Crippen LogP contribution in [-0.4, -0.2) is 34.1 Å². The fourth-order valence-corrected chi connectivity index (χ4v) is 4.61. The second kappa shape index (κ2) is 7.15. The number of nitrogens with zero attached hydrogens (tertiary/aromatic N) is 3. The topological polar surface area (TPSA) is 109 Å². The van der Waals surface area contributed by atoms with Crippen LogP contribution in [0.15, 0.2) is 30.7 Å². The Balaban J connectivity index is 1.50. The minimum atomic E-state index is -0.310. The summed E-state index contributed by atoms with van der Waals surface area (Å²) >= 11 is 0. The van der Waals surface area contributed by atoms with Crippen molar-refractivity contribution in [3.63, 3.8) is 0 Å². The average Bonchev–Trinajstić information content (AvgIpc) is 3.56. The lowest BCUT2D eigenvalue weighted by Gasteiger charge is -2.19. The molecular formula is C23H21FN6O2. The second-order valence-corrected chi connectivity index (χ2v) is 8.32. The van der Waals surface area contributed by atoms with Crippen LogP contribution in [-0.2, 0) is 6.54 Å². The molecule has 4 heterocycles. The van der Waals surface area contributed by atoms with Crippen molar-refractivity contribution in [2.45, 2.75) is 31.2 Å². The van der Waals surface area contributed by atoms with Crippen molar-refractivity contribution in [3.8, 4) is 22.6 Å². The van der Waals surface area contributed by atoms with E-state index in [-0.39, 0.29) is 23.8 Å². The van der Waals surface area contributed by atoms with Gasteiger partial charge in [0, 0.05) is 40.9 Å². The molecule has 0 saturated heterocycles. The lowest BCUT2D eigenvalue weighted by atomic mass is 9.96. The van der Waals surface area contributed by atoms with Crippen molar-refractivity contribution >= 4 is 12.2 Å². The first-order valence-electron chi connectivity index (χ1n) is 10.6. The number of halogens is 1. The third-order valence-electron chi connectivity index (χ3n) is 6.35. The molecule has 1 fully saturated rings. The van der Waals surface area contributed by atoms with Gasteiger partial charge >= 0.3 is 0 Å². The van der Waals surface area contributed by atoms with E-state index in [4.69, 9.17) is 20.3 Å². The molecule has 1 aromatic carbocycles. The Labute approximate surface area is 183 Å². The van der Waals surface area contributed by atoms with E-state index in [1.54, 1.807) is 18.3 Å². The van der Waals surface area contributed by atoms with Crippen molar-refractivity contribution in [1.82, 2.24) is 14.5 Å². The highest BCUT2D eigenvalue weighted by atomic mass is 19.1. The van der Waals surface area contributed by atoms with Gasteiger partial charge in [-0.3, -0.25) is 15.4 Å². The Hall–Kier alpha value is -3.75. The summed E-state index contributed by atoms with van der Waals surface area (Å²) < 4.78 is 28.1. The smallest absolute Gasteiger partial charge is 0.160 e. The molecule has 0 spiro atoms. The Morgan fingerprint density at radius 1 is 1.12 bits per heavy atom. The van der Waals surface area contributed by atoms with Gasteiger partial charge in [-0.05, 0) is 31.0 Å². The summed E-state index contributed by atoms with van der Waals surface area (Å²) in [5, 5.41) is 20.0. The third-order valence-corrected chi connectivity index (χ3v) is 6.35. The van der Waals surface area contributed by atoms with Gasteiger partial charge < -0.3 is 14.8 Å². The fourth-order valence-electron chi connectivity index (χ4n) is 4.61. The molecule has 162 valence electrons. The van der Waals surface area contributed by atoms with Crippen LogP contribution < -0.4 is 20.3 Å². The predicted molar refractivity (Wildman–Crippen MR) is 115 cm³/mol. The molecule has 0 unspecified atom stereocenters. The lowest BCUT2D eigenvalue weighted by Crippen LogP contribution is -2.26. The maximum Gasteiger partial charge on any atom is 0.160 e. The third kappa shape index (κ3) is 2.88. The Morgan fingerprint density at radius 2 is 1.94 bits per heavy atom. The number of hydrogen-bond donors (Lipinski definition) is 3. The standard InChI is InChI=1S/C23H21FN6O2/c24-17-3-4-18-20-13(8-31-18)9-32-19-5-14(15-6-27-11-29-21(15)12-1-2-12)22(26)30(10-25)23(19)28-7-16(17)20/h3-6,10-13,25-26,28H,1-2,7-9H2/t13-/m1/s1. The Morgan fingerprint density at radius 3 is 2.72 bits per heavy atom. The highest BCUT2D eigenvalue weighted by Gasteiger charge is 2.32. The lowest BCUT2D eigenvalue weighted by molar-refractivity contribution is 0.248. The van der Waals surface area contributed by atoms with E-state index in [1.807, 2.05) is 0 Å². The quantitative estimate of drug-likeness (QED) is 0.434. The van der Waals surface area contributed by atoms with Crippen LogP contribution >= 0.6 is 0 Å². The minimum Gasteiger partial charge on any atom is -0.493 e. The van der Waals surface area contributed by atoms with Crippen molar-refractivity contribution in [1.29, 1.82) is 10.8 Å². The fraction of sp³-hybridized carbons (Fsp3) is 0.304. The first kappa shape index (κ1) is 19.0. The summed E-state index contributed by atoms with van der Waals surface area (Å²) in [5.41, 5.74) is 3.77. The number of benzene rings is 1. The van der Waals surface area contributed by atoms with Gasteiger partial charge in [0.2, 0.25) is 0 Å². The van der Waals surface area contributed by atoms with Gasteiger partial charge in [0.15, 0.2) is 11.6 Å². The molecule has 1 atom stereocenters. The molecule has 0 amide bonds. The van der Waals surface area contributed by atoms with Crippen molar-refractivity contribution in [2.24, 2.45) is 0 Å². The predicted octanol–water partition coefficient (Wildman–Crippen LogP) is 3.38. The number of aromatic nitrogens is 3. The van der Waals surface area contributed by atoms with Crippen LogP contribution in [0.25, 0.3) is 11.1 Å². The summed E-state index contributed by atoms with van der Waals surface area (Å²) in [5.74, 6) is 1.58. The first-order valence-corrected chi connectivity index (χ1v) is 10.6. The van der Waals surface area contributed by atoms with E-state index < -0.39 is 0 Å². The number of fused-ring (bicyclic) bond motifs is 1. The van der Waals surface area contributed by atoms with E-state index in [2.05, 4.69) is 15.3 Å². The van der Waals surface area contributed by atoms with Crippen LogP contribution in [0.5, 0.6) is 11.5 Å². The number of rotatable bonds is 3. The number of ether oxygens (including phenoxy) is 2. The van der Waals surface area contributed by atoms with E-state index in [0.717, 1.165) is 36.0 Å². The molecular weight excluding hydrogens is 411 g/mol. The van der Waals surface area contributed by atoms with Crippen molar-refractivity contribution in [2.75, 3.05) is 18.5 Å². The van der Waals surface area contributed by atoms with Gasteiger partial charge in [-0.15, -0.1) is 0 Å². The monoisotopic (exact) mass is 432 g/mol. The molecule has 9 heteroatoms. The van der Waals surface area contributed by atoms with Crippen LogP contribution in [0.3, 0.4) is 0 Å². The molecule has 3 aromatic rings. The Bertz CT molecular complexity index is 1320. The number of nitrogens with one attached hydrogen (secondary N) is 3. The van der Waals surface area contributed by atoms with Crippen LogP contribution in [0.4, 0.5) is 10.2 Å². The maximum atomic E-state index is 14.7. The molecule has 32 heavy (non-hydrogen) atoms. The normalized spacial score (nSPS) is 18.7.